The third-order valence-corrected chi connectivity index (χ3v) is 9.78. The van der Waals surface area contributed by atoms with Gasteiger partial charge in [-0.2, -0.15) is 4.31 Å². The average molecular weight is 592 g/mol. The summed E-state index contributed by atoms with van der Waals surface area (Å²) in [5, 5.41) is 6.56. The molecule has 1 amide bonds. The Morgan fingerprint density at radius 2 is 1.74 bits per heavy atom. The normalized spacial score (nSPS) is 11.8. The van der Waals surface area contributed by atoms with Crippen molar-refractivity contribution in [2.75, 3.05) is 24.2 Å². The molecule has 2 heterocycles. The fourth-order valence-corrected chi connectivity index (χ4v) is 7.07. The Hall–Kier alpha value is -2.31. The summed E-state index contributed by atoms with van der Waals surface area (Å²) >= 11 is 6.35. The lowest BCUT2D eigenvalue weighted by Gasteiger charge is -2.18. The predicted octanol–water partition coefficient (Wildman–Crippen LogP) is 5.88. The molecule has 0 aliphatic rings. The SMILES string of the molecule is CCN(CC)S(=O)(=O)c1ccc(NC(=O)CSc2ncnc3scc(-c4ccc(Br)cc4)c23)cc1. The lowest BCUT2D eigenvalue weighted by atomic mass is 10.1. The van der Waals surface area contributed by atoms with Crippen molar-refractivity contribution < 1.29 is 13.2 Å². The van der Waals surface area contributed by atoms with Gasteiger partial charge >= 0.3 is 0 Å². The monoisotopic (exact) mass is 590 g/mol. The van der Waals surface area contributed by atoms with Crippen molar-refractivity contribution in [3.63, 3.8) is 0 Å². The van der Waals surface area contributed by atoms with Crippen LogP contribution in [0.1, 0.15) is 13.8 Å². The maximum absolute atomic E-state index is 12.6. The molecule has 2 aromatic heterocycles. The molecule has 0 bridgehead atoms. The van der Waals surface area contributed by atoms with Crippen LogP contribution in [-0.4, -0.2) is 47.4 Å². The number of nitrogens with zero attached hydrogens (tertiary/aromatic N) is 3. The van der Waals surface area contributed by atoms with Crippen molar-refractivity contribution in [1.29, 1.82) is 0 Å². The molecule has 4 aromatic rings. The van der Waals surface area contributed by atoms with Crippen LogP contribution in [0, 0.1) is 0 Å². The number of benzene rings is 2. The first-order chi connectivity index (χ1) is 16.8. The van der Waals surface area contributed by atoms with Crippen molar-refractivity contribution in [1.82, 2.24) is 14.3 Å². The first kappa shape index (κ1) is 25.8. The van der Waals surface area contributed by atoms with E-state index in [4.69, 9.17) is 0 Å². The van der Waals surface area contributed by atoms with Gasteiger partial charge in [0.05, 0.1) is 16.0 Å². The maximum Gasteiger partial charge on any atom is 0.243 e. The number of anilines is 1. The second-order valence-corrected chi connectivity index (χ2v) is 12.1. The molecular weight excluding hydrogens is 568 g/mol. The van der Waals surface area contributed by atoms with Gasteiger partial charge in [0.1, 0.15) is 16.2 Å². The Balaban J connectivity index is 1.46. The summed E-state index contributed by atoms with van der Waals surface area (Å²) in [6.45, 7) is 4.41. The number of hydrogen-bond acceptors (Lipinski definition) is 7. The zero-order valence-electron chi connectivity index (χ0n) is 19.1. The molecule has 0 fully saturated rings. The number of nitrogens with one attached hydrogen (secondary N) is 1. The van der Waals surface area contributed by atoms with Gasteiger partial charge in [0, 0.05) is 34.2 Å². The van der Waals surface area contributed by atoms with Gasteiger partial charge in [-0.3, -0.25) is 4.79 Å². The molecule has 0 atom stereocenters. The van der Waals surface area contributed by atoms with E-state index in [1.807, 2.05) is 24.3 Å². The van der Waals surface area contributed by atoms with Crippen LogP contribution in [0.3, 0.4) is 0 Å². The minimum absolute atomic E-state index is 0.154. The van der Waals surface area contributed by atoms with Crippen LogP contribution in [0.2, 0.25) is 0 Å². The van der Waals surface area contributed by atoms with Crippen LogP contribution >= 0.6 is 39.0 Å². The number of halogens is 1. The van der Waals surface area contributed by atoms with Crippen LogP contribution in [0.15, 0.2) is 74.6 Å². The lowest BCUT2D eigenvalue weighted by molar-refractivity contribution is -0.113. The van der Waals surface area contributed by atoms with Crippen molar-refractivity contribution >= 4 is 70.9 Å². The van der Waals surface area contributed by atoms with Crippen LogP contribution in [-0.2, 0) is 14.8 Å². The largest absolute Gasteiger partial charge is 0.325 e. The number of thiophene rings is 1. The average Bonchev–Trinajstić information content (AvgIpc) is 3.29. The number of aromatic nitrogens is 2. The number of sulfonamides is 1. The highest BCUT2D eigenvalue weighted by molar-refractivity contribution is 9.10. The maximum atomic E-state index is 12.6. The molecule has 0 radical (unpaired) electrons. The smallest absolute Gasteiger partial charge is 0.243 e. The minimum Gasteiger partial charge on any atom is -0.325 e. The molecule has 1 N–H and O–H groups in total. The molecular formula is C24H23BrN4O3S3. The van der Waals surface area contributed by atoms with Gasteiger partial charge in [-0.05, 0) is 42.0 Å². The molecule has 35 heavy (non-hydrogen) atoms. The second-order valence-electron chi connectivity index (χ2n) is 7.47. The van der Waals surface area contributed by atoms with E-state index in [0.717, 1.165) is 30.8 Å². The highest BCUT2D eigenvalue weighted by Gasteiger charge is 2.21. The number of hydrogen-bond donors (Lipinski definition) is 1. The third-order valence-electron chi connectivity index (χ3n) is 5.31. The number of carbonyl (C=O) groups excluding carboxylic acids is 1. The van der Waals surface area contributed by atoms with Crippen LogP contribution in [0.5, 0.6) is 0 Å². The summed E-state index contributed by atoms with van der Waals surface area (Å²) in [6, 6.07) is 14.3. The molecule has 0 aliphatic heterocycles. The van der Waals surface area contributed by atoms with Gasteiger partial charge in [-0.25, -0.2) is 18.4 Å². The molecule has 11 heteroatoms. The van der Waals surface area contributed by atoms with E-state index < -0.39 is 10.0 Å². The van der Waals surface area contributed by atoms with Crippen LogP contribution < -0.4 is 5.32 Å². The molecule has 0 saturated heterocycles. The minimum atomic E-state index is -3.54. The molecule has 182 valence electrons. The van der Waals surface area contributed by atoms with Crippen molar-refractivity contribution in [3.8, 4) is 11.1 Å². The van der Waals surface area contributed by atoms with Gasteiger partial charge in [0.15, 0.2) is 0 Å². The molecule has 0 unspecified atom stereocenters. The number of fused-ring (bicyclic) bond motifs is 1. The Labute approximate surface area is 221 Å². The summed E-state index contributed by atoms with van der Waals surface area (Å²) in [5.41, 5.74) is 2.62. The van der Waals surface area contributed by atoms with Gasteiger partial charge in [0.25, 0.3) is 0 Å². The van der Waals surface area contributed by atoms with Crippen LogP contribution in [0.25, 0.3) is 21.3 Å². The summed E-state index contributed by atoms with van der Waals surface area (Å²) in [6.07, 6.45) is 1.51. The molecule has 0 saturated carbocycles. The zero-order valence-corrected chi connectivity index (χ0v) is 23.1. The second kappa shape index (κ2) is 11.2. The summed E-state index contributed by atoms with van der Waals surface area (Å²) in [5.74, 6) is -0.0529. The third kappa shape index (κ3) is 5.75. The molecule has 0 aliphatic carbocycles. The van der Waals surface area contributed by atoms with Crippen molar-refractivity contribution in [2.45, 2.75) is 23.8 Å². The standard InChI is InChI=1S/C24H23BrN4O3S3/c1-3-29(4-2)35(31,32)19-11-9-18(10-12-19)28-21(30)14-34-24-22-20(13-33-23(22)26-15-27-24)16-5-7-17(25)8-6-16/h5-13,15H,3-4,14H2,1-2H3,(H,28,30). The van der Waals surface area contributed by atoms with Crippen molar-refractivity contribution in [3.05, 3.63) is 64.7 Å². The lowest BCUT2D eigenvalue weighted by Crippen LogP contribution is -2.30. The Morgan fingerprint density at radius 1 is 1.06 bits per heavy atom. The number of thioether (sulfide) groups is 1. The van der Waals surface area contributed by atoms with E-state index in [-0.39, 0.29) is 16.6 Å². The molecule has 2 aromatic carbocycles. The molecule has 4 rings (SSSR count). The van der Waals surface area contributed by atoms with E-state index >= 15 is 0 Å². The quantitative estimate of drug-likeness (QED) is 0.193. The number of rotatable bonds is 9. The first-order valence-corrected chi connectivity index (χ1v) is 14.9. The van der Waals surface area contributed by atoms with Crippen molar-refractivity contribution in [2.24, 2.45) is 0 Å². The van der Waals surface area contributed by atoms with E-state index in [2.05, 4.69) is 36.6 Å². The first-order valence-electron chi connectivity index (χ1n) is 10.8. The zero-order chi connectivity index (χ0) is 25.0. The van der Waals surface area contributed by atoms with Gasteiger partial charge in [0.2, 0.25) is 15.9 Å². The molecule has 0 spiro atoms. The van der Waals surface area contributed by atoms with Gasteiger partial charge in [-0.15, -0.1) is 11.3 Å². The Morgan fingerprint density at radius 3 is 2.40 bits per heavy atom. The highest BCUT2D eigenvalue weighted by atomic mass is 79.9. The predicted molar refractivity (Wildman–Crippen MR) is 146 cm³/mol. The van der Waals surface area contributed by atoms with Crippen LogP contribution in [0.4, 0.5) is 5.69 Å². The topological polar surface area (TPSA) is 92.3 Å². The van der Waals surface area contributed by atoms with E-state index in [1.165, 1.54) is 34.5 Å². The Bertz CT molecular complexity index is 1440. The van der Waals surface area contributed by atoms with E-state index in [9.17, 15) is 13.2 Å². The van der Waals surface area contributed by atoms with E-state index in [0.29, 0.717) is 18.8 Å². The summed E-state index contributed by atoms with van der Waals surface area (Å²) in [7, 11) is -3.54. The van der Waals surface area contributed by atoms with Gasteiger partial charge < -0.3 is 5.32 Å². The highest BCUT2D eigenvalue weighted by Crippen LogP contribution is 2.38. The molecule has 7 nitrogen and oxygen atoms in total. The summed E-state index contributed by atoms with van der Waals surface area (Å²) in [4.78, 5) is 22.5. The fraction of sp³-hybridized carbons (Fsp3) is 0.208. The number of amides is 1. The Kier molecular flexibility index (Phi) is 8.23. The number of carbonyl (C=O) groups is 1. The van der Waals surface area contributed by atoms with E-state index in [1.54, 1.807) is 37.3 Å². The van der Waals surface area contributed by atoms with Gasteiger partial charge in [-0.1, -0.05) is 53.7 Å². The summed E-state index contributed by atoms with van der Waals surface area (Å²) < 4.78 is 27.7. The fourth-order valence-electron chi connectivity index (χ4n) is 3.55.